The molecule has 1 aromatic rings. The molecule has 1 amide bonds. The highest BCUT2D eigenvalue weighted by Crippen LogP contribution is 2.40. The average molecular weight is 264 g/mol. The molecule has 1 aliphatic carbocycles. The molecule has 1 saturated carbocycles. The van der Waals surface area contributed by atoms with Crippen LogP contribution < -0.4 is 0 Å². The molecule has 2 aliphatic rings. The lowest BCUT2D eigenvalue weighted by molar-refractivity contribution is -0.131. The molecule has 2 fully saturated rings. The largest absolute Gasteiger partial charge is 0.339 e. The molecular weight excluding hydrogens is 246 g/mol. The summed E-state index contributed by atoms with van der Waals surface area (Å²) in [7, 11) is 0. The first-order chi connectivity index (χ1) is 8.74. The summed E-state index contributed by atoms with van der Waals surface area (Å²) in [6.45, 7) is 0.952. The molecule has 1 unspecified atom stereocenters. The van der Waals surface area contributed by atoms with Crippen LogP contribution in [0.1, 0.15) is 31.2 Å². The Labute approximate surface area is 113 Å². The Morgan fingerprint density at radius 3 is 2.61 bits per heavy atom. The third kappa shape index (κ3) is 2.54. The van der Waals surface area contributed by atoms with Crippen LogP contribution in [-0.4, -0.2) is 23.4 Å². The van der Waals surface area contributed by atoms with Gasteiger partial charge in [-0.25, -0.2) is 0 Å². The fourth-order valence-corrected chi connectivity index (χ4v) is 3.08. The topological polar surface area (TPSA) is 20.3 Å². The maximum absolute atomic E-state index is 12.3. The molecule has 1 saturated heterocycles. The first-order valence-corrected chi connectivity index (χ1v) is 7.16. The zero-order valence-electron chi connectivity index (χ0n) is 10.4. The van der Waals surface area contributed by atoms with Crippen LogP contribution in [0.15, 0.2) is 24.3 Å². The van der Waals surface area contributed by atoms with Crippen molar-refractivity contribution < 1.29 is 4.79 Å². The van der Waals surface area contributed by atoms with Crippen LogP contribution in [0.4, 0.5) is 0 Å². The summed E-state index contributed by atoms with van der Waals surface area (Å²) in [6.07, 6.45) is 5.52. The van der Waals surface area contributed by atoms with Crippen molar-refractivity contribution in [2.45, 2.75) is 38.1 Å². The molecule has 0 N–H and O–H groups in total. The Hall–Kier alpha value is -1.02. The normalized spacial score (nSPS) is 23.4. The summed E-state index contributed by atoms with van der Waals surface area (Å²) in [5.74, 6) is 1.08. The number of hydrogen-bond donors (Lipinski definition) is 0. The van der Waals surface area contributed by atoms with Crippen molar-refractivity contribution in [1.82, 2.24) is 4.90 Å². The second-order valence-corrected chi connectivity index (χ2v) is 5.87. The van der Waals surface area contributed by atoms with Crippen LogP contribution in [-0.2, 0) is 11.2 Å². The van der Waals surface area contributed by atoms with E-state index in [2.05, 4.69) is 4.90 Å². The quantitative estimate of drug-likeness (QED) is 0.820. The maximum Gasteiger partial charge on any atom is 0.227 e. The van der Waals surface area contributed by atoms with Gasteiger partial charge in [-0.05, 0) is 49.3 Å². The van der Waals surface area contributed by atoms with Gasteiger partial charge in [0.1, 0.15) is 0 Å². The van der Waals surface area contributed by atoms with Gasteiger partial charge in [0, 0.05) is 17.6 Å². The van der Waals surface area contributed by atoms with Crippen LogP contribution >= 0.6 is 11.6 Å². The van der Waals surface area contributed by atoms with Crippen molar-refractivity contribution in [1.29, 1.82) is 0 Å². The van der Waals surface area contributed by atoms with Crippen molar-refractivity contribution in [3.63, 3.8) is 0 Å². The molecule has 3 heteroatoms. The smallest absolute Gasteiger partial charge is 0.227 e. The molecule has 2 nitrogen and oxygen atoms in total. The van der Waals surface area contributed by atoms with Crippen LogP contribution in [0.2, 0.25) is 5.02 Å². The Balaban J connectivity index is 1.65. The number of nitrogens with zero attached hydrogens (tertiary/aromatic N) is 1. The molecule has 0 bridgehead atoms. The fraction of sp³-hybridized carbons (Fsp3) is 0.533. The van der Waals surface area contributed by atoms with Gasteiger partial charge in [-0.3, -0.25) is 4.79 Å². The summed E-state index contributed by atoms with van der Waals surface area (Å²) >= 11 is 5.85. The Bertz CT molecular complexity index is 438. The van der Waals surface area contributed by atoms with Crippen LogP contribution in [0, 0.1) is 5.92 Å². The van der Waals surface area contributed by atoms with Gasteiger partial charge in [-0.1, -0.05) is 23.7 Å². The van der Waals surface area contributed by atoms with Gasteiger partial charge in [0.15, 0.2) is 0 Å². The maximum atomic E-state index is 12.3. The van der Waals surface area contributed by atoms with E-state index in [4.69, 9.17) is 11.6 Å². The van der Waals surface area contributed by atoms with E-state index in [0.717, 1.165) is 23.0 Å². The van der Waals surface area contributed by atoms with Gasteiger partial charge in [0.05, 0.1) is 6.42 Å². The van der Waals surface area contributed by atoms with Crippen molar-refractivity contribution >= 4 is 17.5 Å². The molecule has 96 valence electrons. The molecule has 1 atom stereocenters. The number of likely N-dealkylation sites (tertiary alicyclic amines) is 1. The molecule has 1 aliphatic heterocycles. The van der Waals surface area contributed by atoms with E-state index in [0.29, 0.717) is 12.5 Å². The minimum atomic E-state index is 0.284. The number of amides is 1. The molecule has 0 spiro atoms. The summed E-state index contributed by atoms with van der Waals surface area (Å²) in [5, 5.41) is 0.725. The number of halogens is 1. The third-order valence-corrected chi connectivity index (χ3v) is 4.31. The highest BCUT2D eigenvalue weighted by atomic mass is 35.5. The van der Waals surface area contributed by atoms with Crippen molar-refractivity contribution in [3.8, 4) is 0 Å². The fourth-order valence-electron chi connectivity index (χ4n) is 2.95. The van der Waals surface area contributed by atoms with E-state index in [1.165, 1.54) is 25.7 Å². The van der Waals surface area contributed by atoms with Gasteiger partial charge in [-0.15, -0.1) is 0 Å². The lowest BCUT2D eigenvalue weighted by Gasteiger charge is -2.24. The zero-order chi connectivity index (χ0) is 12.5. The number of carbonyl (C=O) groups is 1. The second-order valence-electron chi connectivity index (χ2n) is 5.44. The Morgan fingerprint density at radius 2 is 1.94 bits per heavy atom. The molecule has 0 radical (unpaired) electrons. The van der Waals surface area contributed by atoms with Gasteiger partial charge in [0.2, 0.25) is 5.91 Å². The number of benzene rings is 1. The summed E-state index contributed by atoms with van der Waals surface area (Å²) in [6, 6.07) is 8.13. The van der Waals surface area contributed by atoms with Crippen LogP contribution in [0.5, 0.6) is 0 Å². The first-order valence-electron chi connectivity index (χ1n) is 6.78. The zero-order valence-corrected chi connectivity index (χ0v) is 11.2. The van der Waals surface area contributed by atoms with Crippen molar-refractivity contribution in [3.05, 3.63) is 34.9 Å². The SMILES string of the molecule is O=C(Cc1ccc(Cl)cc1)N1CCCC1C1CC1. The van der Waals surface area contributed by atoms with Gasteiger partial charge in [0.25, 0.3) is 0 Å². The van der Waals surface area contributed by atoms with Gasteiger partial charge < -0.3 is 4.90 Å². The lowest BCUT2D eigenvalue weighted by atomic mass is 10.1. The standard InChI is InChI=1S/C15H18ClNO/c16-13-7-3-11(4-8-13)10-15(18)17-9-1-2-14(17)12-5-6-12/h3-4,7-8,12,14H,1-2,5-6,9-10H2. The van der Waals surface area contributed by atoms with E-state index in [1.54, 1.807) is 0 Å². The molecule has 1 heterocycles. The number of carbonyl (C=O) groups excluding carboxylic acids is 1. The minimum absolute atomic E-state index is 0.284. The predicted octanol–water partition coefficient (Wildman–Crippen LogP) is 3.28. The van der Waals surface area contributed by atoms with E-state index in [9.17, 15) is 4.79 Å². The number of rotatable bonds is 3. The van der Waals surface area contributed by atoms with Crippen LogP contribution in [0.25, 0.3) is 0 Å². The molecular formula is C15H18ClNO. The minimum Gasteiger partial charge on any atom is -0.339 e. The first kappa shape index (κ1) is 12.0. The van der Waals surface area contributed by atoms with E-state index >= 15 is 0 Å². The van der Waals surface area contributed by atoms with Gasteiger partial charge in [-0.2, -0.15) is 0 Å². The average Bonchev–Trinajstić information content (AvgIpc) is 3.09. The highest BCUT2D eigenvalue weighted by molar-refractivity contribution is 6.30. The van der Waals surface area contributed by atoms with E-state index < -0.39 is 0 Å². The van der Waals surface area contributed by atoms with Crippen molar-refractivity contribution in [2.75, 3.05) is 6.54 Å². The van der Waals surface area contributed by atoms with Crippen LogP contribution in [0.3, 0.4) is 0 Å². The molecule has 18 heavy (non-hydrogen) atoms. The Kier molecular flexibility index (Phi) is 3.29. The van der Waals surface area contributed by atoms with E-state index in [-0.39, 0.29) is 5.91 Å². The monoisotopic (exact) mass is 263 g/mol. The molecule has 1 aromatic carbocycles. The van der Waals surface area contributed by atoms with Gasteiger partial charge >= 0.3 is 0 Å². The third-order valence-electron chi connectivity index (χ3n) is 4.05. The summed E-state index contributed by atoms with van der Waals surface area (Å²) in [4.78, 5) is 14.5. The highest BCUT2D eigenvalue weighted by Gasteiger charge is 2.39. The summed E-state index contributed by atoms with van der Waals surface area (Å²) in [5.41, 5.74) is 1.06. The second kappa shape index (κ2) is 4.93. The van der Waals surface area contributed by atoms with Crippen molar-refractivity contribution in [2.24, 2.45) is 5.92 Å². The lowest BCUT2D eigenvalue weighted by Crippen LogP contribution is -2.37. The Morgan fingerprint density at radius 1 is 1.22 bits per heavy atom. The summed E-state index contributed by atoms with van der Waals surface area (Å²) < 4.78 is 0. The predicted molar refractivity (Wildman–Crippen MR) is 72.6 cm³/mol. The molecule has 0 aromatic heterocycles. The van der Waals surface area contributed by atoms with E-state index in [1.807, 2.05) is 24.3 Å². The molecule has 3 rings (SSSR count). The number of hydrogen-bond acceptors (Lipinski definition) is 1.